The number of H-pyrrole nitrogens is 1. The second-order valence-electron chi connectivity index (χ2n) is 3.16. The van der Waals surface area contributed by atoms with Crippen molar-refractivity contribution >= 4 is 38.8 Å². The number of aromatic nitrogens is 1. The summed E-state index contributed by atoms with van der Waals surface area (Å²) in [6.07, 6.45) is 0. The van der Waals surface area contributed by atoms with E-state index in [0.717, 1.165) is 11.5 Å². The third kappa shape index (κ3) is 2.85. The van der Waals surface area contributed by atoms with Crippen molar-refractivity contribution in [3.05, 3.63) is 10.2 Å². The van der Waals surface area contributed by atoms with Gasteiger partial charge in [0.25, 0.3) is 5.91 Å². The SMILES string of the molecule is CN(C)C(=O)Nc1s[nH]c(=S(=O)=O)c1C(N)=O. The molecule has 0 atom stereocenters. The first-order chi connectivity index (χ1) is 7.84. The van der Waals surface area contributed by atoms with Crippen LogP contribution in [-0.2, 0) is 10.3 Å². The van der Waals surface area contributed by atoms with Gasteiger partial charge in [-0.25, -0.2) is 4.79 Å². The number of nitrogens with two attached hydrogens (primary N) is 1. The minimum Gasteiger partial charge on any atom is -0.365 e. The summed E-state index contributed by atoms with van der Waals surface area (Å²) in [6.45, 7) is 0. The highest BCUT2D eigenvalue weighted by atomic mass is 32.2. The molecule has 3 amide bonds. The third-order valence-electron chi connectivity index (χ3n) is 1.74. The van der Waals surface area contributed by atoms with Crippen LogP contribution in [0.2, 0.25) is 0 Å². The summed E-state index contributed by atoms with van der Waals surface area (Å²) in [6, 6.07) is -0.494. The van der Waals surface area contributed by atoms with Crippen LogP contribution >= 0.6 is 11.5 Å². The lowest BCUT2D eigenvalue weighted by atomic mass is 10.3. The van der Waals surface area contributed by atoms with Crippen molar-refractivity contribution in [1.82, 2.24) is 9.27 Å². The Bertz CT molecular complexity index is 617. The number of primary amides is 1. The van der Waals surface area contributed by atoms with Crippen molar-refractivity contribution in [1.29, 1.82) is 0 Å². The second kappa shape index (κ2) is 5.01. The molecule has 4 N–H and O–H groups in total. The molecule has 10 heteroatoms. The largest absolute Gasteiger partial charge is 0.365 e. The standard InChI is InChI=1S/C7H10N4O4S2/c1-11(2)7(13)9-5-3(4(8)12)6(10-16-5)17(14)15/h10H,1-2H3,(H2,8,12)(H,9,13). The molecule has 0 fully saturated rings. The Morgan fingerprint density at radius 2 is 2.00 bits per heavy atom. The molecule has 1 rings (SSSR count). The van der Waals surface area contributed by atoms with Crippen molar-refractivity contribution in [3.63, 3.8) is 0 Å². The van der Waals surface area contributed by atoms with Gasteiger partial charge in [0.05, 0.1) is 0 Å². The normalized spacial score (nSPS) is 9.76. The molecule has 0 aliphatic carbocycles. The highest BCUT2D eigenvalue weighted by Gasteiger charge is 2.17. The lowest BCUT2D eigenvalue weighted by molar-refractivity contribution is 0.100. The Hall–Kier alpha value is -1.81. The molecule has 0 saturated carbocycles. The Morgan fingerprint density at radius 1 is 1.41 bits per heavy atom. The van der Waals surface area contributed by atoms with Crippen LogP contribution in [0.15, 0.2) is 0 Å². The first-order valence-electron chi connectivity index (χ1n) is 4.26. The van der Waals surface area contributed by atoms with Crippen molar-refractivity contribution in [2.75, 3.05) is 19.4 Å². The van der Waals surface area contributed by atoms with Crippen molar-refractivity contribution in [2.45, 2.75) is 0 Å². The van der Waals surface area contributed by atoms with Gasteiger partial charge in [-0.2, -0.15) is 8.42 Å². The molecule has 0 spiro atoms. The number of urea groups is 1. The number of aromatic amines is 1. The number of carbonyl (C=O) groups excluding carboxylic acids is 2. The van der Waals surface area contributed by atoms with Crippen molar-refractivity contribution in [2.24, 2.45) is 5.73 Å². The second-order valence-corrected chi connectivity index (χ2v) is 4.86. The van der Waals surface area contributed by atoms with Gasteiger partial charge in [0, 0.05) is 14.1 Å². The summed E-state index contributed by atoms with van der Waals surface area (Å²) in [5.41, 5.74) is 4.81. The van der Waals surface area contributed by atoms with Crippen LogP contribution in [0.25, 0.3) is 0 Å². The maximum absolute atomic E-state index is 11.4. The number of nitrogens with one attached hydrogen (secondary N) is 2. The zero-order valence-electron chi connectivity index (χ0n) is 8.97. The number of rotatable bonds is 2. The Kier molecular flexibility index (Phi) is 3.91. The molecule has 1 heterocycles. The van der Waals surface area contributed by atoms with E-state index in [2.05, 4.69) is 9.69 Å². The molecule has 0 bridgehead atoms. The molecule has 0 saturated heterocycles. The Labute approximate surface area is 102 Å². The van der Waals surface area contributed by atoms with E-state index < -0.39 is 22.2 Å². The zero-order chi connectivity index (χ0) is 13.2. The van der Waals surface area contributed by atoms with Gasteiger partial charge in [-0.1, -0.05) is 0 Å². The van der Waals surface area contributed by atoms with Crippen LogP contribution in [0.4, 0.5) is 9.80 Å². The highest BCUT2D eigenvalue weighted by Crippen LogP contribution is 2.21. The van der Waals surface area contributed by atoms with Crippen LogP contribution in [0.1, 0.15) is 10.4 Å². The van der Waals surface area contributed by atoms with E-state index in [1.165, 1.54) is 19.0 Å². The monoisotopic (exact) mass is 278 g/mol. The van der Waals surface area contributed by atoms with Crippen LogP contribution in [-0.4, -0.2) is 43.7 Å². The number of carbonyl (C=O) groups is 2. The molecule has 0 radical (unpaired) electrons. The predicted molar refractivity (Wildman–Crippen MR) is 62.1 cm³/mol. The highest BCUT2D eigenvalue weighted by molar-refractivity contribution is 7.64. The Morgan fingerprint density at radius 3 is 2.41 bits per heavy atom. The maximum Gasteiger partial charge on any atom is 0.321 e. The van der Waals surface area contributed by atoms with Crippen molar-refractivity contribution in [3.8, 4) is 0 Å². The van der Waals surface area contributed by atoms with Gasteiger partial charge < -0.3 is 10.6 Å². The van der Waals surface area contributed by atoms with E-state index in [4.69, 9.17) is 5.73 Å². The van der Waals surface area contributed by atoms with E-state index in [0.29, 0.717) is 0 Å². The first kappa shape index (κ1) is 13.3. The van der Waals surface area contributed by atoms with Crippen LogP contribution in [0.5, 0.6) is 0 Å². The molecule has 0 unspecified atom stereocenters. The topological polar surface area (TPSA) is 125 Å². The molecule has 94 valence electrons. The fourth-order valence-corrected chi connectivity index (χ4v) is 2.51. The summed E-state index contributed by atoms with van der Waals surface area (Å²) in [4.78, 5) is 23.7. The van der Waals surface area contributed by atoms with Gasteiger partial charge in [-0.3, -0.25) is 14.5 Å². The molecule has 1 aromatic heterocycles. The molecule has 0 aliphatic heterocycles. The Balaban J connectivity index is 3.34. The number of nitrogens with zero attached hydrogens (tertiary/aromatic N) is 1. The summed E-state index contributed by atoms with van der Waals surface area (Å²) in [5.74, 6) is -0.934. The minimum absolute atomic E-state index is 0.0652. The quantitative estimate of drug-likeness (QED) is 0.641. The fourth-order valence-electron chi connectivity index (χ4n) is 0.941. The van der Waals surface area contributed by atoms with Gasteiger partial charge in [-0.15, -0.1) is 0 Å². The average molecular weight is 278 g/mol. The molecular weight excluding hydrogens is 268 g/mol. The van der Waals surface area contributed by atoms with Crippen LogP contribution < -0.4 is 11.1 Å². The molecule has 8 nitrogen and oxygen atoms in total. The van der Waals surface area contributed by atoms with E-state index in [-0.39, 0.29) is 15.2 Å². The lowest BCUT2D eigenvalue weighted by Crippen LogP contribution is -2.28. The van der Waals surface area contributed by atoms with Crippen molar-refractivity contribution < 1.29 is 18.0 Å². The maximum atomic E-state index is 11.4. The number of hydrogen-bond acceptors (Lipinski definition) is 5. The zero-order valence-corrected chi connectivity index (χ0v) is 10.6. The smallest absolute Gasteiger partial charge is 0.321 e. The first-order valence-corrected chi connectivity index (χ1v) is 6.15. The fraction of sp³-hybridized carbons (Fsp3) is 0.286. The van der Waals surface area contributed by atoms with Crippen LogP contribution in [0, 0.1) is 4.64 Å². The van der Waals surface area contributed by atoms with E-state index in [1.807, 2.05) is 0 Å². The molecule has 1 aromatic rings. The van der Waals surface area contributed by atoms with E-state index >= 15 is 0 Å². The van der Waals surface area contributed by atoms with Gasteiger partial charge in [-0.05, 0) is 11.5 Å². The molecular formula is C7H10N4O4S2. The van der Waals surface area contributed by atoms with E-state index in [1.54, 1.807) is 0 Å². The number of amides is 3. The summed E-state index contributed by atoms with van der Waals surface area (Å²) in [5, 5.41) is 2.43. The number of anilines is 1. The van der Waals surface area contributed by atoms with Gasteiger partial charge >= 0.3 is 6.03 Å². The number of hydrogen-bond donors (Lipinski definition) is 3. The van der Waals surface area contributed by atoms with Gasteiger partial charge in [0.2, 0.25) is 10.3 Å². The summed E-state index contributed by atoms with van der Waals surface area (Å²) >= 11 is 0.801. The predicted octanol–water partition coefficient (Wildman–Crippen LogP) is -0.320. The summed E-state index contributed by atoms with van der Waals surface area (Å²) in [7, 11) is 0.380. The minimum atomic E-state index is -2.63. The molecule has 0 aromatic carbocycles. The summed E-state index contributed by atoms with van der Waals surface area (Å²) < 4.78 is 23.7. The molecule has 0 aliphatic rings. The third-order valence-corrected chi connectivity index (χ3v) is 3.32. The van der Waals surface area contributed by atoms with Crippen LogP contribution in [0.3, 0.4) is 0 Å². The average Bonchev–Trinajstić information content (AvgIpc) is 2.61. The van der Waals surface area contributed by atoms with Gasteiger partial charge in [0.1, 0.15) is 10.6 Å². The van der Waals surface area contributed by atoms with E-state index in [9.17, 15) is 18.0 Å². The molecule has 17 heavy (non-hydrogen) atoms. The lowest BCUT2D eigenvalue weighted by Gasteiger charge is -2.10. The van der Waals surface area contributed by atoms with Gasteiger partial charge in [0.15, 0.2) is 4.64 Å².